The fraction of sp³-hybridized carbons (Fsp3) is 0.700. The van der Waals surface area contributed by atoms with Crippen LogP contribution in [-0.4, -0.2) is 53.0 Å². The van der Waals surface area contributed by atoms with Gasteiger partial charge >= 0.3 is 0 Å². The lowest BCUT2D eigenvalue weighted by Crippen LogP contribution is -2.24. The number of ether oxygens (including phenoxy) is 1. The van der Waals surface area contributed by atoms with Gasteiger partial charge in [-0.2, -0.15) is 0 Å². The van der Waals surface area contributed by atoms with Crippen LogP contribution in [0.4, 0.5) is 0 Å². The van der Waals surface area contributed by atoms with E-state index in [1.54, 1.807) is 6.20 Å². The Morgan fingerprint density at radius 3 is 2.93 bits per heavy atom. The molecule has 0 aliphatic carbocycles. The summed E-state index contributed by atoms with van der Waals surface area (Å²) in [5, 5.41) is 8.52. The zero-order valence-corrected chi connectivity index (χ0v) is 9.39. The number of aliphatic hydroxyl groups excluding tert-OH is 1. The highest BCUT2D eigenvalue weighted by molar-refractivity contribution is 4.90. The lowest BCUT2D eigenvalue weighted by molar-refractivity contribution is 0.0767. The molecule has 0 unspecified atom stereocenters. The summed E-state index contributed by atoms with van der Waals surface area (Å²) in [6, 6.07) is 0. The maximum absolute atomic E-state index is 8.52. The van der Waals surface area contributed by atoms with E-state index in [1.165, 1.54) is 0 Å². The van der Waals surface area contributed by atoms with Crippen LogP contribution in [0.1, 0.15) is 5.82 Å². The quantitative estimate of drug-likeness (QED) is 0.641. The smallest absolute Gasteiger partial charge is 0.122 e. The number of hydrogen-bond acceptors (Lipinski definition) is 4. The molecule has 1 aromatic rings. The van der Waals surface area contributed by atoms with Crippen molar-refractivity contribution < 1.29 is 9.84 Å². The summed E-state index contributed by atoms with van der Waals surface area (Å²) >= 11 is 0. The topological polar surface area (TPSA) is 50.5 Å². The van der Waals surface area contributed by atoms with Gasteiger partial charge in [0.15, 0.2) is 0 Å². The van der Waals surface area contributed by atoms with Crippen molar-refractivity contribution >= 4 is 0 Å². The van der Waals surface area contributed by atoms with E-state index in [4.69, 9.17) is 9.84 Å². The number of nitrogens with zero attached hydrogens (tertiary/aromatic N) is 3. The summed E-state index contributed by atoms with van der Waals surface area (Å²) < 4.78 is 7.19. The Morgan fingerprint density at radius 1 is 1.53 bits per heavy atom. The Labute approximate surface area is 90.3 Å². The maximum Gasteiger partial charge on any atom is 0.122 e. The van der Waals surface area contributed by atoms with Crippen LogP contribution in [0.25, 0.3) is 0 Å². The average Bonchev–Trinajstić information content (AvgIpc) is 2.59. The monoisotopic (exact) mass is 213 g/mol. The largest absolute Gasteiger partial charge is 0.394 e. The fourth-order valence-corrected chi connectivity index (χ4v) is 1.26. The van der Waals surface area contributed by atoms with Crippen molar-refractivity contribution in [3.8, 4) is 0 Å². The Hall–Kier alpha value is -0.910. The van der Waals surface area contributed by atoms with Gasteiger partial charge in [0.2, 0.25) is 0 Å². The van der Waals surface area contributed by atoms with E-state index in [0.717, 1.165) is 18.9 Å². The molecule has 5 nitrogen and oxygen atoms in total. The number of likely N-dealkylation sites (N-methyl/N-ethyl adjacent to an activating group) is 1. The first-order chi connectivity index (χ1) is 7.24. The van der Waals surface area contributed by atoms with Gasteiger partial charge in [-0.05, 0) is 7.05 Å². The normalized spacial score (nSPS) is 11.2. The third-order valence-electron chi connectivity index (χ3n) is 2.19. The first kappa shape index (κ1) is 12.2. The number of rotatable bonds is 7. The highest BCUT2D eigenvalue weighted by Gasteiger charge is 2.03. The summed E-state index contributed by atoms with van der Waals surface area (Å²) in [5.41, 5.74) is 0. The molecule has 0 aliphatic rings. The van der Waals surface area contributed by atoms with E-state index in [9.17, 15) is 0 Å². The molecule has 0 atom stereocenters. The zero-order chi connectivity index (χ0) is 11.1. The van der Waals surface area contributed by atoms with Gasteiger partial charge in [0, 0.05) is 26.0 Å². The first-order valence-electron chi connectivity index (χ1n) is 5.07. The first-order valence-corrected chi connectivity index (χ1v) is 5.07. The Morgan fingerprint density at radius 2 is 2.33 bits per heavy atom. The molecule has 86 valence electrons. The molecule has 0 spiro atoms. The van der Waals surface area contributed by atoms with Crippen molar-refractivity contribution in [3.05, 3.63) is 18.2 Å². The Kier molecular flexibility index (Phi) is 5.31. The minimum atomic E-state index is 0.0864. The predicted molar refractivity (Wildman–Crippen MR) is 57.4 cm³/mol. The molecule has 0 aliphatic heterocycles. The van der Waals surface area contributed by atoms with Crippen molar-refractivity contribution in [2.45, 2.75) is 6.54 Å². The molecule has 0 aromatic carbocycles. The lowest BCUT2D eigenvalue weighted by atomic mass is 10.5. The van der Waals surface area contributed by atoms with Gasteiger partial charge in [0.1, 0.15) is 5.82 Å². The van der Waals surface area contributed by atoms with Crippen molar-refractivity contribution in [1.29, 1.82) is 0 Å². The predicted octanol–water partition coefficient (Wildman–Crippen LogP) is -0.139. The van der Waals surface area contributed by atoms with Gasteiger partial charge in [-0.1, -0.05) is 0 Å². The molecule has 0 radical (unpaired) electrons. The van der Waals surface area contributed by atoms with E-state index in [1.807, 2.05) is 24.9 Å². The molecular formula is C10H19N3O2. The Bertz CT molecular complexity index is 275. The van der Waals surface area contributed by atoms with Gasteiger partial charge in [0.25, 0.3) is 0 Å². The molecule has 1 heterocycles. The summed E-state index contributed by atoms with van der Waals surface area (Å²) in [7, 11) is 4.01. The molecule has 0 amide bonds. The van der Waals surface area contributed by atoms with E-state index >= 15 is 0 Å². The van der Waals surface area contributed by atoms with Crippen molar-refractivity contribution in [1.82, 2.24) is 14.5 Å². The standard InChI is InChI=1S/C10H19N3O2/c1-12(5-7-15-8-6-14)9-10-11-3-4-13(10)2/h3-4,14H,5-9H2,1-2H3. The number of aliphatic hydroxyl groups is 1. The SMILES string of the molecule is CN(CCOCCO)Cc1nccn1C. The van der Waals surface area contributed by atoms with E-state index in [0.29, 0.717) is 13.2 Å². The van der Waals surface area contributed by atoms with Crippen LogP contribution in [0.3, 0.4) is 0 Å². The third kappa shape index (κ3) is 4.42. The van der Waals surface area contributed by atoms with Crippen LogP contribution in [0, 0.1) is 0 Å². The lowest BCUT2D eigenvalue weighted by Gasteiger charge is -2.15. The van der Waals surface area contributed by atoms with Crippen LogP contribution in [0.5, 0.6) is 0 Å². The van der Waals surface area contributed by atoms with Crippen LogP contribution < -0.4 is 0 Å². The van der Waals surface area contributed by atoms with Crippen LogP contribution in [0.2, 0.25) is 0 Å². The van der Waals surface area contributed by atoms with Gasteiger partial charge in [-0.25, -0.2) is 4.98 Å². The highest BCUT2D eigenvalue weighted by Crippen LogP contribution is 1.98. The Balaban J connectivity index is 2.18. The van der Waals surface area contributed by atoms with Gasteiger partial charge in [-0.15, -0.1) is 0 Å². The number of aryl methyl sites for hydroxylation is 1. The molecule has 0 saturated heterocycles. The molecule has 0 saturated carbocycles. The second kappa shape index (κ2) is 6.55. The second-order valence-electron chi connectivity index (χ2n) is 3.53. The van der Waals surface area contributed by atoms with Crippen molar-refractivity contribution in [2.24, 2.45) is 7.05 Å². The van der Waals surface area contributed by atoms with E-state index in [-0.39, 0.29) is 6.61 Å². The van der Waals surface area contributed by atoms with Gasteiger partial charge in [-0.3, -0.25) is 4.90 Å². The molecule has 1 rings (SSSR count). The summed E-state index contributed by atoms with van der Waals surface area (Å²) in [4.78, 5) is 6.38. The maximum atomic E-state index is 8.52. The van der Waals surface area contributed by atoms with E-state index < -0.39 is 0 Å². The van der Waals surface area contributed by atoms with Crippen molar-refractivity contribution in [2.75, 3.05) is 33.4 Å². The third-order valence-corrected chi connectivity index (χ3v) is 2.19. The molecule has 0 fully saturated rings. The minimum absolute atomic E-state index is 0.0864. The number of aromatic nitrogens is 2. The average molecular weight is 213 g/mol. The minimum Gasteiger partial charge on any atom is -0.394 e. The van der Waals surface area contributed by atoms with Crippen molar-refractivity contribution in [3.63, 3.8) is 0 Å². The molecule has 15 heavy (non-hydrogen) atoms. The zero-order valence-electron chi connectivity index (χ0n) is 9.39. The second-order valence-corrected chi connectivity index (χ2v) is 3.53. The van der Waals surface area contributed by atoms with Gasteiger partial charge in [0.05, 0.1) is 26.4 Å². The summed E-state index contributed by atoms with van der Waals surface area (Å²) in [5.74, 6) is 1.04. The molecule has 1 aromatic heterocycles. The molecular weight excluding hydrogens is 194 g/mol. The highest BCUT2D eigenvalue weighted by atomic mass is 16.5. The molecule has 0 bridgehead atoms. The fourth-order valence-electron chi connectivity index (χ4n) is 1.26. The number of imidazole rings is 1. The van der Waals surface area contributed by atoms with Crippen LogP contribution in [-0.2, 0) is 18.3 Å². The van der Waals surface area contributed by atoms with E-state index in [2.05, 4.69) is 9.88 Å². The van der Waals surface area contributed by atoms with Crippen LogP contribution in [0.15, 0.2) is 12.4 Å². The van der Waals surface area contributed by atoms with Crippen LogP contribution >= 0.6 is 0 Å². The number of hydrogen-bond donors (Lipinski definition) is 1. The summed E-state index contributed by atoms with van der Waals surface area (Å²) in [6.07, 6.45) is 3.73. The molecule has 1 N–H and O–H groups in total. The summed E-state index contributed by atoms with van der Waals surface area (Å²) in [6.45, 7) is 2.79. The molecule has 5 heteroatoms. The van der Waals surface area contributed by atoms with Gasteiger partial charge < -0.3 is 14.4 Å².